The molecule has 0 saturated carbocycles. The van der Waals surface area contributed by atoms with Crippen molar-refractivity contribution in [3.8, 4) is 0 Å². The van der Waals surface area contributed by atoms with Crippen LogP contribution in [0.15, 0.2) is 47.4 Å². The standard InChI is InChI=1S/C15H18N2O2S/c1-12-11-16-9-10-17(12)20(18,19)15-8-4-6-13-5-2-3-7-14(13)15/h2-8,12,16H,9-11H2,1H3/t12-/m0/s1. The van der Waals surface area contributed by atoms with Gasteiger partial charge in [-0.2, -0.15) is 4.31 Å². The summed E-state index contributed by atoms with van der Waals surface area (Å²) in [6.45, 7) is 3.86. The third kappa shape index (κ3) is 2.22. The third-order valence-electron chi connectivity index (χ3n) is 3.78. The first kappa shape index (κ1) is 13.5. The van der Waals surface area contributed by atoms with Gasteiger partial charge < -0.3 is 5.32 Å². The second-order valence-corrected chi connectivity index (χ2v) is 7.01. The Morgan fingerprint density at radius 1 is 1.15 bits per heavy atom. The molecular weight excluding hydrogens is 272 g/mol. The molecule has 3 rings (SSSR count). The molecule has 1 heterocycles. The van der Waals surface area contributed by atoms with E-state index in [-0.39, 0.29) is 6.04 Å². The van der Waals surface area contributed by atoms with Crippen molar-refractivity contribution in [2.75, 3.05) is 19.6 Å². The SMILES string of the molecule is C[C@H]1CNCCN1S(=O)(=O)c1cccc2ccccc12. The zero-order valence-electron chi connectivity index (χ0n) is 11.4. The quantitative estimate of drug-likeness (QED) is 0.918. The van der Waals surface area contributed by atoms with Crippen molar-refractivity contribution in [3.63, 3.8) is 0 Å². The van der Waals surface area contributed by atoms with E-state index in [0.717, 1.165) is 10.8 Å². The van der Waals surface area contributed by atoms with Crippen LogP contribution in [0, 0.1) is 0 Å². The van der Waals surface area contributed by atoms with Gasteiger partial charge in [0.15, 0.2) is 0 Å². The van der Waals surface area contributed by atoms with Crippen LogP contribution in [0.4, 0.5) is 0 Å². The van der Waals surface area contributed by atoms with Crippen LogP contribution in [0.5, 0.6) is 0 Å². The molecule has 0 aliphatic carbocycles. The van der Waals surface area contributed by atoms with E-state index in [1.54, 1.807) is 10.4 Å². The summed E-state index contributed by atoms with van der Waals surface area (Å²) in [5.74, 6) is 0. The van der Waals surface area contributed by atoms with Gasteiger partial charge in [-0.1, -0.05) is 36.4 Å². The van der Waals surface area contributed by atoms with Crippen LogP contribution in [0.2, 0.25) is 0 Å². The Balaban J connectivity index is 2.14. The summed E-state index contributed by atoms with van der Waals surface area (Å²) in [6.07, 6.45) is 0. The molecule has 0 bridgehead atoms. The predicted octanol–water partition coefficient (Wildman–Crippen LogP) is 1.82. The van der Waals surface area contributed by atoms with Crippen LogP contribution in [0.3, 0.4) is 0 Å². The molecule has 5 heteroatoms. The van der Waals surface area contributed by atoms with Crippen molar-refractivity contribution in [2.45, 2.75) is 17.9 Å². The van der Waals surface area contributed by atoms with Crippen LogP contribution < -0.4 is 5.32 Å². The molecule has 1 fully saturated rings. The molecule has 0 unspecified atom stereocenters. The van der Waals surface area contributed by atoms with Gasteiger partial charge in [-0.15, -0.1) is 0 Å². The largest absolute Gasteiger partial charge is 0.314 e. The molecule has 1 N–H and O–H groups in total. The normalized spacial score (nSPS) is 21.1. The molecule has 20 heavy (non-hydrogen) atoms. The highest BCUT2D eigenvalue weighted by molar-refractivity contribution is 7.89. The molecule has 1 aliphatic rings. The minimum absolute atomic E-state index is 0.0206. The Labute approximate surface area is 119 Å². The molecule has 4 nitrogen and oxygen atoms in total. The zero-order chi connectivity index (χ0) is 14.2. The van der Waals surface area contributed by atoms with Gasteiger partial charge in [-0.05, 0) is 18.4 Å². The fourth-order valence-electron chi connectivity index (χ4n) is 2.73. The first-order valence-electron chi connectivity index (χ1n) is 6.81. The highest BCUT2D eigenvalue weighted by Gasteiger charge is 2.31. The summed E-state index contributed by atoms with van der Waals surface area (Å²) in [5.41, 5.74) is 0. The van der Waals surface area contributed by atoms with Crippen LogP contribution in [-0.2, 0) is 10.0 Å². The van der Waals surface area contributed by atoms with Crippen LogP contribution >= 0.6 is 0 Å². The Kier molecular flexibility index (Phi) is 3.50. The van der Waals surface area contributed by atoms with Gasteiger partial charge in [0.1, 0.15) is 0 Å². The van der Waals surface area contributed by atoms with Gasteiger partial charge in [0.25, 0.3) is 0 Å². The number of nitrogens with one attached hydrogen (secondary N) is 1. The number of hydrogen-bond donors (Lipinski definition) is 1. The van der Waals surface area contributed by atoms with Gasteiger partial charge in [0, 0.05) is 31.1 Å². The molecule has 1 atom stereocenters. The molecule has 0 spiro atoms. The van der Waals surface area contributed by atoms with E-state index in [0.29, 0.717) is 24.5 Å². The minimum atomic E-state index is -3.44. The minimum Gasteiger partial charge on any atom is -0.314 e. The van der Waals surface area contributed by atoms with Crippen LogP contribution in [0.1, 0.15) is 6.92 Å². The van der Waals surface area contributed by atoms with Crippen molar-refractivity contribution in [3.05, 3.63) is 42.5 Å². The Bertz CT molecular complexity index is 722. The van der Waals surface area contributed by atoms with E-state index in [9.17, 15) is 8.42 Å². The monoisotopic (exact) mass is 290 g/mol. The first-order chi connectivity index (χ1) is 9.60. The number of benzene rings is 2. The van der Waals surface area contributed by atoms with E-state index in [1.807, 2.05) is 43.3 Å². The van der Waals surface area contributed by atoms with Crippen LogP contribution in [0.25, 0.3) is 10.8 Å². The number of piperazine rings is 1. The summed E-state index contributed by atoms with van der Waals surface area (Å²) >= 11 is 0. The molecule has 1 saturated heterocycles. The van der Waals surface area contributed by atoms with Gasteiger partial charge in [0.05, 0.1) is 4.90 Å². The molecule has 2 aromatic carbocycles. The summed E-state index contributed by atoms with van der Waals surface area (Å²) < 4.78 is 27.4. The maximum absolute atomic E-state index is 12.9. The predicted molar refractivity (Wildman–Crippen MR) is 80.2 cm³/mol. The molecule has 2 aromatic rings. The molecular formula is C15H18N2O2S. The highest BCUT2D eigenvalue weighted by Crippen LogP contribution is 2.27. The second kappa shape index (κ2) is 5.16. The van der Waals surface area contributed by atoms with Crippen molar-refractivity contribution in [1.29, 1.82) is 0 Å². The maximum atomic E-state index is 12.9. The Morgan fingerprint density at radius 2 is 1.90 bits per heavy atom. The van der Waals surface area contributed by atoms with Crippen molar-refractivity contribution < 1.29 is 8.42 Å². The fourth-order valence-corrected chi connectivity index (χ4v) is 4.57. The smallest absolute Gasteiger partial charge is 0.244 e. The molecule has 0 aromatic heterocycles. The summed E-state index contributed by atoms with van der Waals surface area (Å²) in [4.78, 5) is 0.407. The van der Waals surface area contributed by atoms with Crippen molar-refractivity contribution in [2.24, 2.45) is 0 Å². The summed E-state index contributed by atoms with van der Waals surface area (Å²) in [6, 6.07) is 13.0. The maximum Gasteiger partial charge on any atom is 0.244 e. The lowest BCUT2D eigenvalue weighted by atomic mass is 10.1. The van der Waals surface area contributed by atoms with Gasteiger partial charge in [-0.3, -0.25) is 0 Å². The lowest BCUT2D eigenvalue weighted by molar-refractivity contribution is 0.284. The number of rotatable bonds is 2. The Hall–Kier alpha value is -1.43. The van der Waals surface area contributed by atoms with E-state index in [1.165, 1.54) is 0 Å². The topological polar surface area (TPSA) is 49.4 Å². The van der Waals surface area contributed by atoms with Gasteiger partial charge in [0.2, 0.25) is 10.0 Å². The number of sulfonamides is 1. The van der Waals surface area contributed by atoms with E-state index in [4.69, 9.17) is 0 Å². The number of fused-ring (bicyclic) bond motifs is 1. The van der Waals surface area contributed by atoms with Gasteiger partial charge in [-0.25, -0.2) is 8.42 Å². The molecule has 0 radical (unpaired) electrons. The first-order valence-corrected chi connectivity index (χ1v) is 8.25. The third-order valence-corrected chi connectivity index (χ3v) is 5.85. The second-order valence-electron chi connectivity index (χ2n) is 5.15. The lowest BCUT2D eigenvalue weighted by Crippen LogP contribution is -2.52. The van der Waals surface area contributed by atoms with E-state index in [2.05, 4.69) is 5.32 Å². The van der Waals surface area contributed by atoms with Crippen molar-refractivity contribution >= 4 is 20.8 Å². The summed E-state index contributed by atoms with van der Waals surface area (Å²) in [5, 5.41) is 4.97. The lowest BCUT2D eigenvalue weighted by Gasteiger charge is -2.33. The average Bonchev–Trinajstić information content (AvgIpc) is 2.47. The van der Waals surface area contributed by atoms with E-state index >= 15 is 0 Å². The summed E-state index contributed by atoms with van der Waals surface area (Å²) in [7, 11) is -3.44. The van der Waals surface area contributed by atoms with Gasteiger partial charge >= 0.3 is 0 Å². The molecule has 106 valence electrons. The Morgan fingerprint density at radius 3 is 2.70 bits per heavy atom. The van der Waals surface area contributed by atoms with Crippen LogP contribution in [-0.4, -0.2) is 38.4 Å². The number of nitrogens with zero attached hydrogens (tertiary/aromatic N) is 1. The molecule has 1 aliphatic heterocycles. The van der Waals surface area contributed by atoms with Crippen molar-refractivity contribution in [1.82, 2.24) is 9.62 Å². The number of hydrogen-bond acceptors (Lipinski definition) is 3. The van der Waals surface area contributed by atoms with E-state index < -0.39 is 10.0 Å². The average molecular weight is 290 g/mol. The fraction of sp³-hybridized carbons (Fsp3) is 0.333. The zero-order valence-corrected chi connectivity index (χ0v) is 12.2. The molecule has 0 amide bonds. The highest BCUT2D eigenvalue weighted by atomic mass is 32.2.